The molecule has 23 heavy (non-hydrogen) atoms. The van der Waals surface area contributed by atoms with Gasteiger partial charge in [0.1, 0.15) is 5.82 Å². The summed E-state index contributed by atoms with van der Waals surface area (Å²) in [7, 11) is 1.28. The zero-order valence-electron chi connectivity index (χ0n) is 12.3. The van der Waals surface area contributed by atoms with Gasteiger partial charge in [0.25, 0.3) is 0 Å². The lowest BCUT2D eigenvalue weighted by Gasteiger charge is -2.10. The summed E-state index contributed by atoms with van der Waals surface area (Å²) in [5.74, 6) is -0.890. The number of carbonyl (C=O) groups is 2. The van der Waals surface area contributed by atoms with E-state index in [0.717, 1.165) is 3.57 Å². The number of methoxy groups -OCH3 is 1. The van der Waals surface area contributed by atoms with Gasteiger partial charge in [-0.1, -0.05) is 6.07 Å². The normalized spacial score (nSPS) is 10.2. The maximum absolute atomic E-state index is 14.0. The molecule has 1 heterocycles. The van der Waals surface area contributed by atoms with Crippen molar-refractivity contribution in [1.29, 1.82) is 0 Å². The molecular weight excluding hydrogens is 414 g/mol. The third-order valence-corrected chi connectivity index (χ3v) is 3.85. The van der Waals surface area contributed by atoms with E-state index in [2.05, 4.69) is 10.3 Å². The van der Waals surface area contributed by atoms with Crippen LogP contribution in [-0.4, -0.2) is 24.5 Å². The van der Waals surface area contributed by atoms with E-state index in [4.69, 9.17) is 4.74 Å². The van der Waals surface area contributed by atoms with Gasteiger partial charge in [-0.3, -0.25) is 9.78 Å². The van der Waals surface area contributed by atoms with Crippen LogP contribution in [0.5, 0.6) is 0 Å². The van der Waals surface area contributed by atoms with Crippen LogP contribution in [-0.2, 0) is 22.5 Å². The number of rotatable bonds is 6. The van der Waals surface area contributed by atoms with Gasteiger partial charge in [0.05, 0.1) is 30.6 Å². The minimum Gasteiger partial charge on any atom is -0.465 e. The largest absolute Gasteiger partial charge is 0.465 e. The molecule has 0 saturated carbocycles. The van der Waals surface area contributed by atoms with Gasteiger partial charge in [-0.05, 0) is 52.4 Å². The van der Waals surface area contributed by atoms with Crippen LogP contribution in [0.3, 0.4) is 0 Å². The molecule has 0 bridgehead atoms. The predicted molar refractivity (Wildman–Crippen MR) is 90.4 cm³/mol. The zero-order chi connectivity index (χ0) is 16.8. The van der Waals surface area contributed by atoms with E-state index >= 15 is 0 Å². The monoisotopic (exact) mass is 428 g/mol. The first-order chi connectivity index (χ1) is 11.0. The molecular formula is C16H14FIN2O3. The first-order valence-electron chi connectivity index (χ1n) is 6.73. The standard InChI is InChI=1S/C16H14FIN2O3/c1-23-16(22)13-5-4-12(8-19-9-21)20-15(13)6-10-2-3-11(18)7-14(10)17/h2-5,7,9H,6,8H2,1H3,(H,19,21). The lowest BCUT2D eigenvalue weighted by atomic mass is 10.0. The number of nitrogens with one attached hydrogen (secondary N) is 1. The molecule has 0 saturated heterocycles. The van der Waals surface area contributed by atoms with Crippen LogP contribution >= 0.6 is 22.6 Å². The summed E-state index contributed by atoms with van der Waals surface area (Å²) in [5.41, 5.74) is 1.69. The van der Waals surface area contributed by atoms with Gasteiger partial charge in [0.15, 0.2) is 0 Å². The van der Waals surface area contributed by atoms with Crippen molar-refractivity contribution in [2.24, 2.45) is 0 Å². The van der Waals surface area contributed by atoms with Crippen molar-refractivity contribution < 1.29 is 18.7 Å². The van der Waals surface area contributed by atoms with Crippen molar-refractivity contribution in [1.82, 2.24) is 10.3 Å². The molecule has 1 N–H and O–H groups in total. The topological polar surface area (TPSA) is 68.3 Å². The minimum atomic E-state index is -0.534. The second-order valence-electron chi connectivity index (χ2n) is 4.70. The number of hydrogen-bond donors (Lipinski definition) is 1. The zero-order valence-corrected chi connectivity index (χ0v) is 14.5. The van der Waals surface area contributed by atoms with E-state index in [0.29, 0.717) is 23.4 Å². The number of esters is 1. The Bertz CT molecular complexity index is 737. The minimum absolute atomic E-state index is 0.155. The number of nitrogens with zero attached hydrogens (tertiary/aromatic N) is 1. The van der Waals surface area contributed by atoms with Gasteiger partial charge in [0, 0.05) is 9.99 Å². The second-order valence-corrected chi connectivity index (χ2v) is 5.95. The molecule has 0 atom stereocenters. The number of pyridine rings is 1. The Hall–Kier alpha value is -2.03. The van der Waals surface area contributed by atoms with Crippen LogP contribution in [0.25, 0.3) is 0 Å². The van der Waals surface area contributed by atoms with Crippen molar-refractivity contribution in [3.8, 4) is 0 Å². The molecule has 0 aliphatic heterocycles. The van der Waals surface area contributed by atoms with E-state index < -0.39 is 5.97 Å². The quantitative estimate of drug-likeness (QED) is 0.436. The number of aromatic nitrogens is 1. The molecule has 0 unspecified atom stereocenters. The summed E-state index contributed by atoms with van der Waals surface area (Å²) in [4.78, 5) is 26.6. The summed E-state index contributed by atoms with van der Waals surface area (Å²) in [6.45, 7) is 0.229. The van der Waals surface area contributed by atoms with Crippen molar-refractivity contribution in [2.45, 2.75) is 13.0 Å². The van der Waals surface area contributed by atoms with Gasteiger partial charge >= 0.3 is 5.97 Å². The average Bonchev–Trinajstić information content (AvgIpc) is 2.55. The van der Waals surface area contributed by atoms with Crippen LogP contribution < -0.4 is 5.32 Å². The van der Waals surface area contributed by atoms with E-state index in [9.17, 15) is 14.0 Å². The molecule has 0 aliphatic rings. The lowest BCUT2D eigenvalue weighted by molar-refractivity contribution is -0.109. The highest BCUT2D eigenvalue weighted by molar-refractivity contribution is 14.1. The Morgan fingerprint density at radius 2 is 2.17 bits per heavy atom. The molecule has 7 heteroatoms. The van der Waals surface area contributed by atoms with Crippen LogP contribution in [0.2, 0.25) is 0 Å². The highest BCUT2D eigenvalue weighted by Crippen LogP contribution is 2.19. The summed E-state index contributed by atoms with van der Waals surface area (Å²) in [5, 5.41) is 2.50. The number of ether oxygens (including phenoxy) is 1. The molecule has 1 aromatic carbocycles. The van der Waals surface area contributed by atoms with E-state index in [1.54, 1.807) is 24.3 Å². The molecule has 0 spiro atoms. The highest BCUT2D eigenvalue weighted by Gasteiger charge is 2.16. The maximum Gasteiger partial charge on any atom is 0.339 e. The number of halogens is 2. The van der Waals surface area contributed by atoms with E-state index in [1.165, 1.54) is 13.2 Å². The Morgan fingerprint density at radius 1 is 1.39 bits per heavy atom. The summed E-state index contributed by atoms with van der Waals surface area (Å²) < 4.78 is 19.6. The maximum atomic E-state index is 14.0. The van der Waals surface area contributed by atoms with Crippen molar-refractivity contribution in [3.05, 3.63) is 62.2 Å². The fourth-order valence-corrected chi connectivity index (χ4v) is 2.52. The molecule has 120 valence electrons. The molecule has 0 fully saturated rings. The molecule has 0 aliphatic carbocycles. The third kappa shape index (κ3) is 4.47. The first kappa shape index (κ1) is 17.3. The fourth-order valence-electron chi connectivity index (χ4n) is 2.07. The Labute approximate surface area is 146 Å². The molecule has 2 aromatic rings. The second kappa shape index (κ2) is 8.00. The average molecular weight is 428 g/mol. The van der Waals surface area contributed by atoms with Crippen LogP contribution in [0, 0.1) is 9.39 Å². The molecule has 0 radical (unpaired) electrons. The summed E-state index contributed by atoms with van der Waals surface area (Å²) >= 11 is 2.03. The van der Waals surface area contributed by atoms with Gasteiger partial charge in [-0.25, -0.2) is 9.18 Å². The fraction of sp³-hybridized carbons (Fsp3) is 0.188. The number of amides is 1. The van der Waals surface area contributed by atoms with Gasteiger partial charge in [0.2, 0.25) is 6.41 Å². The summed E-state index contributed by atoms with van der Waals surface area (Å²) in [6.07, 6.45) is 0.719. The summed E-state index contributed by atoms with van der Waals surface area (Å²) in [6, 6.07) is 8.06. The Morgan fingerprint density at radius 3 is 2.83 bits per heavy atom. The van der Waals surface area contributed by atoms with Crippen LogP contribution in [0.1, 0.15) is 27.3 Å². The smallest absolute Gasteiger partial charge is 0.339 e. The van der Waals surface area contributed by atoms with Crippen molar-refractivity contribution in [2.75, 3.05) is 7.11 Å². The first-order valence-corrected chi connectivity index (χ1v) is 7.81. The van der Waals surface area contributed by atoms with Gasteiger partial charge < -0.3 is 10.1 Å². The number of carbonyl (C=O) groups excluding carboxylic acids is 2. The van der Waals surface area contributed by atoms with Crippen LogP contribution in [0.15, 0.2) is 30.3 Å². The SMILES string of the molecule is COC(=O)c1ccc(CNC=O)nc1Cc1ccc(I)cc1F. The number of hydrogen-bond acceptors (Lipinski definition) is 4. The molecule has 5 nitrogen and oxygen atoms in total. The molecule has 2 rings (SSSR count). The molecule has 1 amide bonds. The molecule has 1 aromatic heterocycles. The van der Waals surface area contributed by atoms with E-state index in [1.807, 2.05) is 22.6 Å². The van der Waals surface area contributed by atoms with Gasteiger partial charge in [-0.2, -0.15) is 0 Å². The van der Waals surface area contributed by atoms with Crippen molar-refractivity contribution in [3.63, 3.8) is 0 Å². The third-order valence-electron chi connectivity index (χ3n) is 3.18. The van der Waals surface area contributed by atoms with Crippen LogP contribution in [0.4, 0.5) is 4.39 Å². The number of benzene rings is 1. The van der Waals surface area contributed by atoms with Crippen molar-refractivity contribution >= 4 is 35.0 Å². The predicted octanol–water partition coefficient (Wildman–Crippen LogP) is 2.45. The van der Waals surface area contributed by atoms with Gasteiger partial charge in [-0.15, -0.1) is 0 Å². The Balaban J connectivity index is 2.39. The lowest BCUT2D eigenvalue weighted by Crippen LogP contribution is -2.15. The van der Waals surface area contributed by atoms with E-state index in [-0.39, 0.29) is 24.3 Å². The Kier molecular flexibility index (Phi) is 6.03. The highest BCUT2D eigenvalue weighted by atomic mass is 127.